The molecule has 0 fully saturated rings. The minimum atomic E-state index is -0.699. The van der Waals surface area contributed by atoms with Gasteiger partial charge in [0.2, 0.25) is 5.97 Å². The third kappa shape index (κ3) is 1.02. The number of rotatable bonds is 0. The van der Waals surface area contributed by atoms with E-state index >= 15 is 0 Å². The van der Waals surface area contributed by atoms with Gasteiger partial charge in [-0.3, -0.25) is 0 Å². The van der Waals surface area contributed by atoms with Crippen molar-refractivity contribution in [2.75, 3.05) is 0 Å². The second-order valence-electron chi connectivity index (χ2n) is 1.35. The van der Waals surface area contributed by atoms with Crippen molar-refractivity contribution in [3.63, 3.8) is 0 Å². The maximum absolute atomic E-state index is 11.9. The van der Waals surface area contributed by atoms with Crippen molar-refractivity contribution >= 4 is 5.97 Å². The SMILES string of the molecule is FC1=NN(F)C=CC1. The lowest BCUT2D eigenvalue weighted by molar-refractivity contribution is 0.0899. The number of hydrogen-bond acceptors (Lipinski definition) is 2. The molecule has 0 N–H and O–H groups in total. The van der Waals surface area contributed by atoms with Crippen LogP contribution in [0.2, 0.25) is 0 Å². The highest BCUT2D eigenvalue weighted by atomic mass is 19.2. The summed E-state index contributed by atoms with van der Waals surface area (Å²) < 4.78 is 23.6. The van der Waals surface area contributed by atoms with E-state index in [-0.39, 0.29) is 11.7 Å². The molecule has 0 radical (unpaired) electrons. The van der Waals surface area contributed by atoms with Crippen LogP contribution < -0.4 is 0 Å². The largest absolute Gasteiger partial charge is 0.214 e. The van der Waals surface area contributed by atoms with Gasteiger partial charge in [-0.05, 0) is 0 Å². The summed E-state index contributed by atoms with van der Waals surface area (Å²) in [5.74, 6) is -0.699. The van der Waals surface area contributed by atoms with Crippen LogP contribution in [0.1, 0.15) is 6.42 Å². The van der Waals surface area contributed by atoms with Gasteiger partial charge in [0.15, 0.2) is 0 Å². The first-order valence-corrected chi connectivity index (χ1v) is 2.13. The first-order valence-electron chi connectivity index (χ1n) is 2.13. The third-order valence-corrected chi connectivity index (χ3v) is 0.719. The van der Waals surface area contributed by atoms with Crippen molar-refractivity contribution in [1.82, 2.24) is 5.23 Å². The van der Waals surface area contributed by atoms with E-state index in [4.69, 9.17) is 0 Å². The summed E-state index contributed by atoms with van der Waals surface area (Å²) in [6.07, 6.45) is 2.51. The molecule has 0 saturated heterocycles. The Labute approximate surface area is 45.0 Å². The van der Waals surface area contributed by atoms with Crippen LogP contribution in [0.25, 0.3) is 0 Å². The van der Waals surface area contributed by atoms with Gasteiger partial charge < -0.3 is 0 Å². The maximum atomic E-state index is 11.9. The van der Waals surface area contributed by atoms with Gasteiger partial charge >= 0.3 is 0 Å². The summed E-state index contributed by atoms with van der Waals surface area (Å²) in [5, 5.41) is 2.76. The fourth-order valence-corrected chi connectivity index (χ4v) is 0.415. The van der Waals surface area contributed by atoms with E-state index < -0.39 is 5.97 Å². The summed E-state index contributed by atoms with van der Waals surface area (Å²) in [6.45, 7) is 0. The summed E-state index contributed by atoms with van der Waals surface area (Å²) >= 11 is 0. The Morgan fingerprint density at radius 2 is 2.50 bits per heavy atom. The summed E-state index contributed by atoms with van der Waals surface area (Å²) in [5.41, 5.74) is 0. The van der Waals surface area contributed by atoms with E-state index in [2.05, 4.69) is 5.10 Å². The second kappa shape index (κ2) is 1.90. The molecule has 1 aliphatic heterocycles. The topological polar surface area (TPSA) is 15.6 Å². The molecule has 1 aliphatic rings. The molecule has 0 unspecified atom stereocenters. The van der Waals surface area contributed by atoms with E-state index in [1.165, 1.54) is 6.08 Å². The highest BCUT2D eigenvalue weighted by Crippen LogP contribution is 2.03. The molecule has 0 bridgehead atoms. The van der Waals surface area contributed by atoms with Crippen molar-refractivity contribution in [1.29, 1.82) is 0 Å². The molecule has 0 aromatic carbocycles. The standard InChI is InChI=1S/C4H4F2N2/c5-4-2-1-3-8(6)7-4/h1,3H,2H2. The van der Waals surface area contributed by atoms with Crippen molar-refractivity contribution < 1.29 is 8.87 Å². The predicted molar refractivity (Wildman–Crippen MR) is 25.2 cm³/mol. The minimum absolute atomic E-state index is 0.0567. The first kappa shape index (κ1) is 5.21. The fourth-order valence-electron chi connectivity index (χ4n) is 0.415. The molecule has 44 valence electrons. The zero-order chi connectivity index (χ0) is 5.98. The van der Waals surface area contributed by atoms with Gasteiger partial charge in [-0.25, -0.2) is 0 Å². The van der Waals surface area contributed by atoms with Crippen LogP contribution in [0.3, 0.4) is 0 Å². The van der Waals surface area contributed by atoms with Gasteiger partial charge in [0, 0.05) is 6.42 Å². The fraction of sp³-hybridized carbons (Fsp3) is 0.250. The van der Waals surface area contributed by atoms with E-state index in [0.29, 0.717) is 0 Å². The lowest BCUT2D eigenvalue weighted by Crippen LogP contribution is -2.03. The average molecular weight is 118 g/mol. The Hall–Kier alpha value is -0.930. The first-order chi connectivity index (χ1) is 3.79. The second-order valence-corrected chi connectivity index (χ2v) is 1.35. The van der Waals surface area contributed by atoms with Gasteiger partial charge in [-0.15, -0.1) is 10.3 Å². The van der Waals surface area contributed by atoms with Gasteiger partial charge in [-0.2, -0.15) is 4.39 Å². The lowest BCUT2D eigenvalue weighted by Gasteiger charge is -2.03. The molecule has 8 heavy (non-hydrogen) atoms. The molecule has 1 rings (SSSR count). The Bertz CT molecular complexity index is 141. The van der Waals surface area contributed by atoms with Crippen LogP contribution in [0, 0.1) is 0 Å². The maximum Gasteiger partial charge on any atom is 0.214 e. The normalized spacial score (nSPS) is 18.8. The zero-order valence-corrected chi connectivity index (χ0v) is 4.01. The average Bonchev–Trinajstić information content (AvgIpc) is 1.64. The summed E-state index contributed by atoms with van der Waals surface area (Å²) in [6, 6.07) is 0. The number of allylic oxidation sites excluding steroid dienone is 1. The number of nitrogens with zero attached hydrogens (tertiary/aromatic N) is 2. The Morgan fingerprint density at radius 1 is 1.75 bits per heavy atom. The Morgan fingerprint density at radius 3 is 2.88 bits per heavy atom. The van der Waals surface area contributed by atoms with Gasteiger partial charge in [0.1, 0.15) is 0 Å². The van der Waals surface area contributed by atoms with Crippen molar-refractivity contribution in [2.24, 2.45) is 5.10 Å². The highest BCUT2D eigenvalue weighted by Gasteiger charge is 2.02. The third-order valence-electron chi connectivity index (χ3n) is 0.719. The molecule has 0 aromatic rings. The van der Waals surface area contributed by atoms with Crippen LogP contribution in [0.5, 0.6) is 0 Å². The van der Waals surface area contributed by atoms with Crippen molar-refractivity contribution in [2.45, 2.75) is 6.42 Å². The quantitative estimate of drug-likeness (QED) is 0.438. The van der Waals surface area contributed by atoms with Crippen molar-refractivity contribution in [3.05, 3.63) is 12.3 Å². The molecule has 0 aromatic heterocycles. The molecule has 0 spiro atoms. The molecule has 0 atom stereocenters. The minimum Gasteiger partial charge on any atom is -0.188 e. The van der Waals surface area contributed by atoms with E-state index in [1.807, 2.05) is 0 Å². The van der Waals surface area contributed by atoms with Gasteiger partial charge in [-0.1, -0.05) is 10.6 Å². The molecule has 0 saturated carbocycles. The smallest absolute Gasteiger partial charge is 0.188 e. The summed E-state index contributed by atoms with van der Waals surface area (Å²) in [4.78, 5) is 0. The summed E-state index contributed by atoms with van der Waals surface area (Å²) in [7, 11) is 0. The Balaban J connectivity index is 2.60. The lowest BCUT2D eigenvalue weighted by atomic mass is 10.4. The van der Waals surface area contributed by atoms with Crippen molar-refractivity contribution in [3.8, 4) is 0 Å². The van der Waals surface area contributed by atoms with Gasteiger partial charge in [0.25, 0.3) is 0 Å². The predicted octanol–water partition coefficient (Wildman–Crippen LogP) is 1.37. The van der Waals surface area contributed by atoms with E-state index in [1.54, 1.807) is 0 Å². The highest BCUT2D eigenvalue weighted by molar-refractivity contribution is 5.76. The number of hydrogen-bond donors (Lipinski definition) is 0. The number of hydrazone groups is 1. The molecule has 2 nitrogen and oxygen atoms in total. The van der Waals surface area contributed by atoms with Gasteiger partial charge in [0.05, 0.1) is 6.20 Å². The number of halogens is 2. The van der Waals surface area contributed by atoms with Crippen LogP contribution in [-0.2, 0) is 0 Å². The monoisotopic (exact) mass is 118 g/mol. The molecule has 4 heteroatoms. The molecule has 1 heterocycles. The molecular weight excluding hydrogens is 114 g/mol. The molecule has 0 amide bonds. The van der Waals surface area contributed by atoms with Crippen LogP contribution >= 0.6 is 0 Å². The van der Waals surface area contributed by atoms with E-state index in [0.717, 1.165) is 6.20 Å². The van der Waals surface area contributed by atoms with Crippen LogP contribution in [0.4, 0.5) is 8.87 Å². The Kier molecular flexibility index (Phi) is 1.24. The zero-order valence-electron chi connectivity index (χ0n) is 4.01. The molecule has 0 aliphatic carbocycles. The van der Waals surface area contributed by atoms with Crippen LogP contribution in [-0.4, -0.2) is 11.2 Å². The van der Waals surface area contributed by atoms with E-state index in [9.17, 15) is 8.87 Å². The van der Waals surface area contributed by atoms with Crippen LogP contribution in [0.15, 0.2) is 17.4 Å². The molecular formula is C4H4F2N2.